The Morgan fingerprint density at radius 3 is 2.76 bits per heavy atom. The number of hydrogen-bond donors (Lipinski definition) is 1. The van der Waals surface area contributed by atoms with Gasteiger partial charge in [0.15, 0.2) is 5.16 Å². The Hall–Kier alpha value is -0.970. The van der Waals surface area contributed by atoms with Gasteiger partial charge in [0.05, 0.1) is 11.1 Å². The van der Waals surface area contributed by atoms with E-state index in [4.69, 9.17) is 11.6 Å². The highest BCUT2D eigenvalue weighted by Crippen LogP contribution is 2.33. The van der Waals surface area contributed by atoms with Crippen molar-refractivity contribution in [1.82, 2.24) is 9.55 Å². The van der Waals surface area contributed by atoms with E-state index >= 15 is 0 Å². The molecule has 0 aliphatic rings. The van der Waals surface area contributed by atoms with Gasteiger partial charge in [-0.25, -0.2) is 4.98 Å². The van der Waals surface area contributed by atoms with E-state index in [9.17, 15) is 5.11 Å². The molecule has 0 bridgehead atoms. The molecule has 0 aliphatic carbocycles. The average molecular weight is 269 g/mol. The highest BCUT2D eigenvalue weighted by atomic mass is 35.5. The van der Waals surface area contributed by atoms with Gasteiger partial charge in [-0.1, -0.05) is 29.4 Å². The monoisotopic (exact) mass is 268 g/mol. The summed E-state index contributed by atoms with van der Waals surface area (Å²) in [7, 11) is 1.94. The molecule has 0 fully saturated rings. The van der Waals surface area contributed by atoms with Crippen LogP contribution in [-0.2, 0) is 7.05 Å². The van der Waals surface area contributed by atoms with Crippen molar-refractivity contribution < 1.29 is 5.11 Å². The molecule has 1 N–H and O–H groups in total. The third-order valence-electron chi connectivity index (χ3n) is 2.42. The Kier molecular flexibility index (Phi) is 3.76. The minimum atomic E-state index is -0.500. The van der Waals surface area contributed by atoms with Crippen LogP contribution in [0.3, 0.4) is 0 Å². The maximum absolute atomic E-state index is 9.46. The maximum Gasteiger partial charge on any atom is 0.172 e. The molecule has 0 radical (unpaired) electrons. The molecular formula is C12H13ClN2OS. The van der Waals surface area contributed by atoms with Crippen LogP contribution in [-0.4, -0.2) is 14.7 Å². The van der Waals surface area contributed by atoms with Crippen LogP contribution in [0.25, 0.3) is 0 Å². The first-order valence-corrected chi connectivity index (χ1v) is 6.40. The summed E-state index contributed by atoms with van der Waals surface area (Å²) in [6, 6.07) is 5.57. The van der Waals surface area contributed by atoms with Crippen molar-refractivity contribution in [1.29, 1.82) is 0 Å². The molecule has 90 valence electrons. The van der Waals surface area contributed by atoms with Crippen LogP contribution in [0, 0.1) is 0 Å². The number of nitrogens with zero attached hydrogens (tertiary/aromatic N) is 2. The zero-order chi connectivity index (χ0) is 12.4. The van der Waals surface area contributed by atoms with Crippen molar-refractivity contribution in [3.05, 3.63) is 41.2 Å². The van der Waals surface area contributed by atoms with Gasteiger partial charge in [0.2, 0.25) is 0 Å². The Morgan fingerprint density at radius 1 is 1.47 bits per heavy atom. The van der Waals surface area contributed by atoms with Gasteiger partial charge in [-0.05, 0) is 24.6 Å². The number of aliphatic hydroxyl groups excluding tert-OH is 1. The van der Waals surface area contributed by atoms with E-state index in [1.807, 2.05) is 29.9 Å². The highest BCUT2D eigenvalue weighted by molar-refractivity contribution is 7.99. The molecule has 1 heterocycles. The normalized spacial score (nSPS) is 12.7. The molecule has 5 heteroatoms. The van der Waals surface area contributed by atoms with Gasteiger partial charge in [0, 0.05) is 24.3 Å². The van der Waals surface area contributed by atoms with Gasteiger partial charge in [-0.2, -0.15) is 0 Å². The minimum absolute atomic E-state index is 0.500. The fourth-order valence-corrected chi connectivity index (χ4v) is 2.52. The summed E-state index contributed by atoms with van der Waals surface area (Å²) in [4.78, 5) is 5.16. The first kappa shape index (κ1) is 12.5. The number of aliphatic hydroxyl groups is 1. The minimum Gasteiger partial charge on any atom is -0.389 e. The van der Waals surface area contributed by atoms with Crippen molar-refractivity contribution in [2.24, 2.45) is 7.05 Å². The molecule has 1 aromatic carbocycles. The van der Waals surface area contributed by atoms with Crippen LogP contribution in [0.5, 0.6) is 0 Å². The molecule has 0 saturated carbocycles. The molecule has 17 heavy (non-hydrogen) atoms. The van der Waals surface area contributed by atoms with Gasteiger partial charge in [0.25, 0.3) is 0 Å². The fourth-order valence-electron chi connectivity index (χ4n) is 1.41. The number of halogens is 1. The summed E-state index contributed by atoms with van der Waals surface area (Å²) in [6.07, 6.45) is 3.14. The van der Waals surface area contributed by atoms with Crippen LogP contribution in [0.15, 0.2) is 40.6 Å². The lowest BCUT2D eigenvalue weighted by molar-refractivity contribution is 0.199. The van der Waals surface area contributed by atoms with Crippen molar-refractivity contribution in [3.8, 4) is 0 Å². The summed E-state index contributed by atoms with van der Waals surface area (Å²) in [5.41, 5.74) is 0.819. The second-order valence-corrected chi connectivity index (χ2v) is 5.20. The largest absolute Gasteiger partial charge is 0.389 e. The molecular weight excluding hydrogens is 256 g/mol. The zero-order valence-corrected chi connectivity index (χ0v) is 11.2. The summed E-state index contributed by atoms with van der Waals surface area (Å²) in [6.45, 7) is 1.72. The first-order valence-electron chi connectivity index (χ1n) is 5.20. The highest BCUT2D eigenvalue weighted by Gasteiger charge is 2.09. The van der Waals surface area contributed by atoms with Gasteiger partial charge in [-0.3, -0.25) is 0 Å². The van der Waals surface area contributed by atoms with Crippen molar-refractivity contribution in [2.75, 3.05) is 0 Å². The Balaban J connectivity index is 2.26. The number of aromatic nitrogens is 2. The lowest BCUT2D eigenvalue weighted by Gasteiger charge is -2.08. The third kappa shape index (κ3) is 2.83. The van der Waals surface area contributed by atoms with Crippen LogP contribution in [0.2, 0.25) is 5.02 Å². The topological polar surface area (TPSA) is 38.1 Å². The summed E-state index contributed by atoms with van der Waals surface area (Å²) in [5.74, 6) is 0. The van der Waals surface area contributed by atoms with E-state index in [-0.39, 0.29) is 0 Å². The van der Waals surface area contributed by atoms with Gasteiger partial charge in [0.1, 0.15) is 0 Å². The predicted octanol–water partition coefficient (Wildman–Crippen LogP) is 3.28. The van der Waals surface area contributed by atoms with Crippen molar-refractivity contribution in [3.63, 3.8) is 0 Å². The average Bonchev–Trinajstić information content (AvgIpc) is 2.67. The second-order valence-electron chi connectivity index (χ2n) is 3.79. The van der Waals surface area contributed by atoms with Crippen LogP contribution >= 0.6 is 23.4 Å². The molecule has 0 aliphatic heterocycles. The zero-order valence-electron chi connectivity index (χ0n) is 9.59. The maximum atomic E-state index is 9.46. The van der Waals surface area contributed by atoms with E-state index in [0.29, 0.717) is 5.02 Å². The van der Waals surface area contributed by atoms with Gasteiger partial charge in [-0.15, -0.1) is 0 Å². The fraction of sp³-hybridized carbons (Fsp3) is 0.250. The standard InChI is InChI=1S/C12H13ClN2OS/c1-8(16)9-3-4-11(10(13)7-9)17-12-14-5-6-15(12)2/h3-8,16H,1-2H3. The molecule has 1 atom stereocenters. The lowest BCUT2D eigenvalue weighted by Crippen LogP contribution is -1.92. The van der Waals surface area contributed by atoms with Gasteiger partial charge < -0.3 is 9.67 Å². The van der Waals surface area contributed by atoms with Crippen LogP contribution in [0.1, 0.15) is 18.6 Å². The predicted molar refractivity (Wildman–Crippen MR) is 69.4 cm³/mol. The second kappa shape index (κ2) is 5.12. The molecule has 3 nitrogen and oxygen atoms in total. The van der Waals surface area contributed by atoms with Crippen LogP contribution in [0.4, 0.5) is 0 Å². The molecule has 2 rings (SSSR count). The molecule has 1 aromatic heterocycles. The summed E-state index contributed by atoms with van der Waals surface area (Å²) < 4.78 is 1.93. The van der Waals surface area contributed by atoms with Crippen molar-refractivity contribution >= 4 is 23.4 Å². The molecule has 0 saturated heterocycles. The number of aryl methyl sites for hydroxylation is 1. The Morgan fingerprint density at radius 2 is 2.24 bits per heavy atom. The third-order valence-corrected chi connectivity index (χ3v) is 3.99. The molecule has 0 amide bonds. The number of imidazole rings is 1. The number of rotatable bonds is 3. The van der Waals surface area contributed by atoms with E-state index in [1.165, 1.54) is 11.8 Å². The van der Waals surface area contributed by atoms with Gasteiger partial charge >= 0.3 is 0 Å². The van der Waals surface area contributed by atoms with E-state index < -0.39 is 6.10 Å². The number of hydrogen-bond acceptors (Lipinski definition) is 3. The first-order chi connectivity index (χ1) is 8.08. The molecule has 0 spiro atoms. The quantitative estimate of drug-likeness (QED) is 0.928. The van der Waals surface area contributed by atoms with E-state index in [0.717, 1.165) is 15.6 Å². The number of benzene rings is 1. The Bertz CT molecular complexity index is 525. The van der Waals surface area contributed by atoms with E-state index in [2.05, 4.69) is 4.98 Å². The van der Waals surface area contributed by atoms with Crippen LogP contribution < -0.4 is 0 Å². The SMILES string of the molecule is CC(O)c1ccc(Sc2nccn2C)c(Cl)c1. The Labute approximate surface area is 109 Å². The summed E-state index contributed by atoms with van der Waals surface area (Å²) >= 11 is 7.68. The van der Waals surface area contributed by atoms with E-state index in [1.54, 1.807) is 19.2 Å². The smallest absolute Gasteiger partial charge is 0.172 e. The summed E-state index contributed by atoms with van der Waals surface area (Å²) in [5, 5.41) is 11.0. The lowest BCUT2D eigenvalue weighted by atomic mass is 10.1. The molecule has 1 unspecified atom stereocenters. The van der Waals surface area contributed by atoms with Crippen molar-refractivity contribution in [2.45, 2.75) is 23.1 Å². The molecule has 2 aromatic rings.